The van der Waals surface area contributed by atoms with Crippen LogP contribution in [0.2, 0.25) is 0 Å². The third kappa shape index (κ3) is 6.41. The molecule has 1 aromatic heterocycles. The van der Waals surface area contributed by atoms with Crippen molar-refractivity contribution in [1.82, 2.24) is 4.57 Å². The van der Waals surface area contributed by atoms with E-state index in [-0.39, 0.29) is 11.1 Å². The molecule has 3 aliphatic rings. The first kappa shape index (κ1) is 20.7. The second-order valence-corrected chi connectivity index (χ2v) is 19.4. The molecule has 0 atom stereocenters. The molecule has 0 radical (unpaired) electrons. The first-order valence-electron chi connectivity index (χ1n) is 39.8. The molecule has 0 spiro atoms. The first-order chi connectivity index (χ1) is 49.7. The Morgan fingerprint density at radius 1 is 0.493 bits per heavy atom. The highest BCUT2D eigenvalue weighted by atomic mass is 15.2. The van der Waals surface area contributed by atoms with Gasteiger partial charge in [0.15, 0.2) is 0 Å². The van der Waals surface area contributed by atoms with Crippen LogP contribution in [-0.2, 0) is 10.8 Å². The molecule has 5 nitrogen and oxygen atoms in total. The monoisotopic (exact) mass is 972 g/mol. The largest absolute Gasteiger partial charge is 0.311 e. The summed E-state index contributed by atoms with van der Waals surface area (Å²) in [6, 6.07) is -31.8. The van der Waals surface area contributed by atoms with Crippen LogP contribution in [0.15, 0.2) is 205 Å². The van der Waals surface area contributed by atoms with Gasteiger partial charge in [0.05, 0.1) is 86.3 Å². The summed E-state index contributed by atoms with van der Waals surface area (Å²) in [5.74, 6) is 0. The second-order valence-electron chi connectivity index (χ2n) is 19.4. The van der Waals surface area contributed by atoms with Crippen molar-refractivity contribution in [3.8, 4) is 22.9 Å². The minimum atomic E-state index is -2.22. The lowest BCUT2D eigenvalue weighted by Crippen LogP contribution is -2.61. The Morgan fingerprint density at radius 2 is 1.08 bits per heavy atom. The summed E-state index contributed by atoms with van der Waals surface area (Å²) in [7, 11) is 0. The molecule has 10 aromatic carbocycles. The number of anilines is 9. The molecule has 4 heterocycles. The van der Waals surface area contributed by atoms with Crippen LogP contribution in [0.3, 0.4) is 0 Å². The van der Waals surface area contributed by atoms with E-state index in [1.54, 1.807) is 47.6 Å². The van der Waals surface area contributed by atoms with Crippen molar-refractivity contribution in [1.29, 1.82) is 5.26 Å². The van der Waals surface area contributed by atoms with Crippen LogP contribution < -0.4 is 31.1 Å². The van der Waals surface area contributed by atoms with Gasteiger partial charge in [-0.3, -0.25) is 0 Å². The quantitative estimate of drug-likeness (QED) is 0.161. The molecular formula is C67H52BN5. The highest BCUT2D eigenvalue weighted by molar-refractivity contribution is 7.00. The fourth-order valence-corrected chi connectivity index (χ4v) is 9.60. The third-order valence-electron chi connectivity index (χ3n) is 13.0. The number of hydrogen-bond acceptors (Lipinski definition) is 4. The fraction of sp³-hybridized carbons (Fsp3) is 0.119. The zero-order chi connectivity index (χ0) is 79.1. The van der Waals surface area contributed by atoms with Gasteiger partial charge in [0, 0.05) is 50.6 Å². The maximum Gasteiger partial charge on any atom is 0.252 e. The maximum atomic E-state index is 11.5. The van der Waals surface area contributed by atoms with Crippen LogP contribution >= 0.6 is 0 Å². The van der Waals surface area contributed by atoms with E-state index in [4.69, 9.17) is 11.0 Å². The highest BCUT2D eigenvalue weighted by Crippen LogP contribution is 2.53. The van der Waals surface area contributed by atoms with Gasteiger partial charge in [-0.25, -0.2) is 0 Å². The molecule has 0 amide bonds. The van der Waals surface area contributed by atoms with E-state index >= 15 is 0 Å². The van der Waals surface area contributed by atoms with Crippen LogP contribution in [-0.4, -0.2) is 11.3 Å². The summed E-state index contributed by atoms with van der Waals surface area (Å²) < 4.78 is 330. The number of para-hydroxylation sites is 3. The summed E-state index contributed by atoms with van der Waals surface area (Å²) in [6.45, 7) is 7.16. The van der Waals surface area contributed by atoms with E-state index < -0.39 is 346 Å². The Morgan fingerprint density at radius 3 is 1.78 bits per heavy atom. The molecule has 73 heavy (non-hydrogen) atoms. The van der Waals surface area contributed by atoms with E-state index in [9.17, 15) is 40.9 Å². The molecule has 11 aromatic rings. The Balaban J connectivity index is 1.26. The smallest absolute Gasteiger partial charge is 0.252 e. The summed E-state index contributed by atoms with van der Waals surface area (Å²) >= 11 is 0. The van der Waals surface area contributed by atoms with E-state index in [1.165, 1.54) is 0 Å². The minimum absolute atomic E-state index is 0.208. The van der Waals surface area contributed by atoms with E-state index in [0.717, 1.165) is 9.47 Å². The summed E-state index contributed by atoms with van der Waals surface area (Å²) in [6.07, 6.45) is 0. The number of hydrogen-bond donors (Lipinski definition) is 0. The molecular weight excluding hydrogens is 886 g/mol. The number of fused-ring (bicyclic) bond motifs is 10. The van der Waals surface area contributed by atoms with Gasteiger partial charge in [-0.1, -0.05) is 168 Å². The zero-order valence-corrected chi connectivity index (χ0v) is 39.3. The third-order valence-corrected chi connectivity index (χ3v) is 13.0. The molecule has 14 rings (SSSR count). The van der Waals surface area contributed by atoms with Gasteiger partial charge in [0.2, 0.25) is 0 Å². The zero-order valence-electron chi connectivity index (χ0n) is 73.3. The molecule has 0 fully saturated rings. The molecule has 348 valence electrons. The SMILES string of the molecule is [2H]c1c([2H])c2c3c(c1[2H])-n1c4c([2H])c([2H])c([2H])c([2H])c4c4c([2H])c([2H])c([2H])c(c41)N3c1c([2H])c(C#N)c([2H])c3c1B2c1c([2H])c([2H])c(N(c2c([2H])c([2H])c(C(C)(C)C)c([2H])c2[2H])c2c([2H])c([2H])c(C(C)(C)C)c([2H])c2[2H])c([2H])c1N3c1c([2H])c([2H])c(-c2c([2H])c([2H])c([2H])c3c([2H])c([2H])c([2H])c([2H])c23)c([2H])c1[2H]. The molecule has 6 heteroatoms. The van der Waals surface area contributed by atoms with Crippen molar-refractivity contribution in [2.75, 3.05) is 14.7 Å². The molecule has 0 bridgehead atoms. The Hall–Kier alpha value is -8.79. The lowest BCUT2D eigenvalue weighted by atomic mass is 9.33. The van der Waals surface area contributed by atoms with Gasteiger partial charge in [-0.2, -0.15) is 5.26 Å². The number of benzene rings is 10. The molecule has 0 unspecified atom stereocenters. The number of rotatable bonds is 5. The number of nitriles is 1. The average molecular weight is 972 g/mol. The van der Waals surface area contributed by atoms with Crippen molar-refractivity contribution in [3.05, 3.63) is 222 Å². The lowest BCUT2D eigenvalue weighted by Gasteiger charge is -2.46. The lowest BCUT2D eigenvalue weighted by molar-refractivity contribution is 0.590. The van der Waals surface area contributed by atoms with Crippen molar-refractivity contribution in [2.45, 2.75) is 52.4 Å². The van der Waals surface area contributed by atoms with Crippen LogP contribution in [0.1, 0.15) is 105 Å². The normalized spacial score (nSPS) is 19.8. The predicted molar refractivity (Wildman–Crippen MR) is 308 cm³/mol. The highest BCUT2D eigenvalue weighted by Gasteiger charge is 2.46. The van der Waals surface area contributed by atoms with Gasteiger partial charge in [0.25, 0.3) is 6.71 Å². The van der Waals surface area contributed by atoms with Gasteiger partial charge in [0.1, 0.15) is 0 Å². The Bertz CT molecular complexity index is 6030. The summed E-state index contributed by atoms with van der Waals surface area (Å²) in [5, 5.41) is 9.24. The van der Waals surface area contributed by atoms with Crippen molar-refractivity contribution < 1.29 is 46.6 Å². The fourth-order valence-electron chi connectivity index (χ4n) is 9.60. The first-order valence-corrected chi connectivity index (χ1v) is 22.8. The molecule has 3 aliphatic heterocycles. The van der Waals surface area contributed by atoms with Gasteiger partial charge >= 0.3 is 0 Å². The van der Waals surface area contributed by atoms with Gasteiger partial charge in [-0.15, -0.1) is 0 Å². The Labute approximate surface area is 475 Å². The standard InChI is InChI=1S/C67H52BN5/c1-66(2,3)45-26-32-47(33-27-45)70(48-34-28-46(29-35-48)67(4,5)6)50-36-37-55-60(40-50)71(49-30-24-44(25-31-49)52-18-11-15-43-14-7-8-16-51(43)52)61-38-42(41-69)39-62-63(61)68(55)56-20-13-23-59-65(56)73(62)58-22-12-19-54-53-17-9-10-21-57(53)72(59)64(54)58/h7-40H,1-6H3/i7D,8D,9D,10D,11D,12D,13D,14D,15D,16D,17D,18D,19D,20D,21D,22D,23D,24D,25D,26D,27D,28D,29D,30D,31D,32D,33D,34D,35D,36D,37D,38D,39D,40D. The molecule has 0 N–H and O–H groups in total. The molecule has 0 saturated carbocycles. The maximum absolute atomic E-state index is 11.5. The minimum Gasteiger partial charge on any atom is -0.311 e. The van der Waals surface area contributed by atoms with Crippen LogP contribution in [0, 0.1) is 11.3 Å². The summed E-state index contributed by atoms with van der Waals surface area (Å²) in [4.78, 5) is 2.08. The topological polar surface area (TPSA) is 38.4 Å². The molecule has 0 saturated heterocycles. The van der Waals surface area contributed by atoms with Crippen molar-refractivity contribution >= 4 is 107 Å². The number of aromatic nitrogens is 1. The average Bonchev–Trinajstić information content (AvgIpc) is 1.65. The Kier molecular flexibility index (Phi) is 4.44. The van der Waals surface area contributed by atoms with Crippen LogP contribution in [0.5, 0.6) is 0 Å². The van der Waals surface area contributed by atoms with Crippen LogP contribution in [0.4, 0.5) is 51.2 Å². The van der Waals surface area contributed by atoms with E-state index in [0.29, 0.717) is 9.80 Å². The van der Waals surface area contributed by atoms with Crippen molar-refractivity contribution in [2.24, 2.45) is 0 Å². The van der Waals surface area contributed by atoms with Crippen LogP contribution in [0.25, 0.3) is 49.4 Å². The second kappa shape index (κ2) is 15.6. The van der Waals surface area contributed by atoms with Gasteiger partial charge < -0.3 is 19.3 Å². The van der Waals surface area contributed by atoms with E-state index in [2.05, 4.69) is 0 Å². The van der Waals surface area contributed by atoms with Crippen molar-refractivity contribution in [3.63, 3.8) is 0 Å². The predicted octanol–water partition coefficient (Wildman–Crippen LogP) is 15.9. The van der Waals surface area contributed by atoms with Gasteiger partial charge in [-0.05, 0) is 139 Å². The molecule has 0 aliphatic carbocycles. The van der Waals surface area contributed by atoms with E-state index in [1.807, 2.05) is 0 Å². The number of nitrogens with zero attached hydrogens (tertiary/aromatic N) is 5. The summed E-state index contributed by atoms with van der Waals surface area (Å²) in [5.41, 5.74) is -17.2.